The molecule has 2 atom stereocenters. The van der Waals surface area contributed by atoms with Crippen molar-refractivity contribution in [1.82, 2.24) is 14.9 Å². The molecule has 41 heavy (non-hydrogen) atoms. The van der Waals surface area contributed by atoms with Gasteiger partial charge in [-0.15, -0.1) is 0 Å². The smallest absolute Gasteiger partial charge is 0.154 e. The summed E-state index contributed by atoms with van der Waals surface area (Å²) < 4.78 is 7.56. The van der Waals surface area contributed by atoms with Crippen molar-refractivity contribution in [2.24, 2.45) is 11.7 Å². The van der Waals surface area contributed by atoms with Crippen molar-refractivity contribution >= 4 is 12.1 Å². The molecule has 7 nitrogen and oxygen atoms in total. The lowest BCUT2D eigenvalue weighted by atomic mass is 9.84. The van der Waals surface area contributed by atoms with Gasteiger partial charge in [-0.25, -0.2) is 4.98 Å². The van der Waals surface area contributed by atoms with Gasteiger partial charge in [0.1, 0.15) is 12.3 Å². The fourth-order valence-electron chi connectivity index (χ4n) is 4.03. The molecule has 1 saturated carbocycles. The molecular formula is C34H60N4O3. The summed E-state index contributed by atoms with van der Waals surface area (Å²) in [6, 6.07) is 9.42. The molecule has 0 bridgehead atoms. The number of benzene rings is 1. The van der Waals surface area contributed by atoms with Crippen molar-refractivity contribution in [2.45, 2.75) is 126 Å². The first-order chi connectivity index (χ1) is 19.6. The number of Topliss-reactive ketones (excluding diaryl/α,β-unsaturated/α-hetero) is 1. The summed E-state index contributed by atoms with van der Waals surface area (Å²) in [5.41, 5.74) is 8.04. The maximum Gasteiger partial charge on any atom is 0.154 e. The molecule has 7 heteroatoms. The quantitative estimate of drug-likeness (QED) is 0.269. The van der Waals surface area contributed by atoms with E-state index in [9.17, 15) is 9.59 Å². The van der Waals surface area contributed by atoms with Crippen LogP contribution < -0.4 is 11.1 Å². The van der Waals surface area contributed by atoms with E-state index >= 15 is 0 Å². The molecule has 1 heterocycles. The second kappa shape index (κ2) is 23.9. The monoisotopic (exact) mass is 572 g/mol. The van der Waals surface area contributed by atoms with Crippen molar-refractivity contribution in [3.05, 3.63) is 66.4 Å². The van der Waals surface area contributed by atoms with Gasteiger partial charge in [-0.3, -0.25) is 4.79 Å². The molecule has 0 aliphatic heterocycles. The summed E-state index contributed by atoms with van der Waals surface area (Å²) in [6.45, 7) is 23.8. The van der Waals surface area contributed by atoms with Gasteiger partial charge in [-0.1, -0.05) is 97.7 Å². The molecule has 1 fully saturated rings. The summed E-state index contributed by atoms with van der Waals surface area (Å²) in [5, 5.41) is 3.05. The van der Waals surface area contributed by atoms with Gasteiger partial charge in [0.05, 0.1) is 31.3 Å². The Labute approximate surface area is 251 Å². The number of imidazole rings is 1. The molecule has 1 aromatic heterocycles. The van der Waals surface area contributed by atoms with Gasteiger partial charge < -0.3 is 25.1 Å². The second-order valence-electron chi connectivity index (χ2n) is 10.00. The van der Waals surface area contributed by atoms with Gasteiger partial charge in [0.15, 0.2) is 5.78 Å². The third-order valence-electron chi connectivity index (χ3n) is 6.36. The Morgan fingerprint density at radius 3 is 2.12 bits per heavy atom. The number of nitrogens with two attached hydrogens (primary N) is 1. The summed E-state index contributed by atoms with van der Waals surface area (Å²) >= 11 is 0. The summed E-state index contributed by atoms with van der Waals surface area (Å²) in [4.78, 5) is 27.0. The highest BCUT2D eigenvalue weighted by Gasteiger charge is 2.24. The van der Waals surface area contributed by atoms with Crippen LogP contribution in [0.25, 0.3) is 0 Å². The van der Waals surface area contributed by atoms with E-state index in [0.717, 1.165) is 17.5 Å². The van der Waals surface area contributed by atoms with Crippen LogP contribution in [0.4, 0.5) is 0 Å². The van der Waals surface area contributed by atoms with Gasteiger partial charge in [0.25, 0.3) is 0 Å². The molecule has 0 amide bonds. The molecule has 2 unspecified atom stereocenters. The zero-order chi connectivity index (χ0) is 31.8. The predicted octanol–water partition coefficient (Wildman–Crippen LogP) is 7.59. The van der Waals surface area contributed by atoms with Crippen LogP contribution in [-0.2, 0) is 20.9 Å². The van der Waals surface area contributed by atoms with Crippen molar-refractivity contribution in [3.8, 4) is 0 Å². The largest absolute Gasteiger partial charge is 0.376 e. The highest BCUT2D eigenvalue weighted by Crippen LogP contribution is 2.31. The predicted molar refractivity (Wildman–Crippen MR) is 174 cm³/mol. The molecule has 3 rings (SSSR count). The Bertz CT molecular complexity index is 929. The highest BCUT2D eigenvalue weighted by molar-refractivity contribution is 5.81. The van der Waals surface area contributed by atoms with Gasteiger partial charge in [0, 0.05) is 17.4 Å². The van der Waals surface area contributed by atoms with E-state index in [1.165, 1.54) is 39.0 Å². The standard InChI is InChI=1S/C16H24N2O2.C12H18N2O.3C2H6/c1-12(19)15(18-13(2)16(3,4)17)11-20-10-14-8-6-5-7-9-14;1-10-7-14(9-13-10)12(8-15)11-5-3-2-4-6-11;3*1-2/h5-9,15,18H,2,10-11,17H2,1,3-4H3;7-9,11-12H,2-6H2,1H3;3*1-2H3. The SMILES string of the molecule is C=C(NC(COCc1ccccc1)C(C)=O)C(C)(C)N.CC.CC.CC.Cc1cn(C(C=O)C2CCCCC2)cn1. The lowest BCUT2D eigenvalue weighted by molar-refractivity contribution is -0.120. The number of nitrogens with one attached hydrogen (secondary N) is 1. The van der Waals surface area contributed by atoms with Gasteiger partial charge >= 0.3 is 0 Å². The number of hydrogen-bond acceptors (Lipinski definition) is 6. The van der Waals surface area contributed by atoms with Crippen LogP contribution in [0.1, 0.15) is 112 Å². The van der Waals surface area contributed by atoms with Gasteiger partial charge in [-0.2, -0.15) is 0 Å². The van der Waals surface area contributed by atoms with Gasteiger partial charge in [0.2, 0.25) is 0 Å². The first-order valence-corrected chi connectivity index (χ1v) is 15.4. The van der Waals surface area contributed by atoms with Crippen LogP contribution in [0.5, 0.6) is 0 Å². The molecule has 234 valence electrons. The van der Waals surface area contributed by atoms with Crippen molar-refractivity contribution in [1.29, 1.82) is 0 Å². The van der Waals surface area contributed by atoms with Crippen molar-refractivity contribution in [2.75, 3.05) is 6.61 Å². The zero-order valence-corrected chi connectivity index (χ0v) is 27.7. The van der Waals surface area contributed by atoms with E-state index in [-0.39, 0.29) is 11.8 Å². The van der Waals surface area contributed by atoms with Crippen molar-refractivity contribution < 1.29 is 14.3 Å². The molecule has 0 radical (unpaired) electrons. The average Bonchev–Trinajstić information content (AvgIpc) is 3.42. The minimum absolute atomic E-state index is 0.00321. The Morgan fingerprint density at radius 1 is 1.12 bits per heavy atom. The minimum atomic E-state index is -0.576. The van der Waals surface area contributed by atoms with Crippen LogP contribution in [0.2, 0.25) is 0 Å². The zero-order valence-electron chi connectivity index (χ0n) is 27.7. The number of carbonyl (C=O) groups is 2. The molecule has 0 spiro atoms. The fraction of sp³-hybridized carbons (Fsp3) is 0.618. The van der Waals surface area contributed by atoms with Crippen LogP contribution in [-0.4, -0.2) is 39.8 Å². The second-order valence-corrected chi connectivity index (χ2v) is 10.00. The molecule has 1 aliphatic carbocycles. The average molecular weight is 573 g/mol. The molecule has 3 N–H and O–H groups in total. The van der Waals surface area contributed by atoms with E-state index in [1.807, 2.05) is 103 Å². The van der Waals surface area contributed by atoms with Gasteiger partial charge in [-0.05, 0) is 52.0 Å². The van der Waals surface area contributed by atoms with E-state index in [4.69, 9.17) is 10.5 Å². The van der Waals surface area contributed by atoms with E-state index < -0.39 is 11.6 Å². The first kappa shape index (κ1) is 40.4. The third-order valence-corrected chi connectivity index (χ3v) is 6.36. The van der Waals surface area contributed by atoms with E-state index in [2.05, 4.69) is 16.9 Å². The van der Waals surface area contributed by atoms with Crippen molar-refractivity contribution in [3.63, 3.8) is 0 Å². The first-order valence-electron chi connectivity index (χ1n) is 15.4. The van der Waals surface area contributed by atoms with E-state index in [1.54, 1.807) is 6.33 Å². The molecule has 1 aromatic carbocycles. The van der Waals surface area contributed by atoms with E-state index in [0.29, 0.717) is 24.8 Å². The molecule has 0 saturated heterocycles. The molecule has 1 aliphatic rings. The number of nitrogens with zero attached hydrogens (tertiary/aromatic N) is 2. The number of aryl methyl sites for hydroxylation is 1. The minimum Gasteiger partial charge on any atom is -0.376 e. The summed E-state index contributed by atoms with van der Waals surface area (Å²) in [7, 11) is 0. The normalized spacial score (nSPS) is 14.0. The van der Waals surface area contributed by atoms with Crippen LogP contribution >= 0.6 is 0 Å². The van der Waals surface area contributed by atoms with Crippen LogP contribution in [0.15, 0.2) is 55.1 Å². The lowest BCUT2D eigenvalue weighted by Gasteiger charge is -2.27. The third kappa shape index (κ3) is 16.9. The fourth-order valence-corrected chi connectivity index (χ4v) is 4.03. The van der Waals surface area contributed by atoms with Crippen LogP contribution in [0, 0.1) is 12.8 Å². The number of aldehydes is 1. The number of hydrogen-bond donors (Lipinski definition) is 2. The number of rotatable bonds is 11. The Kier molecular flexibility index (Phi) is 23.5. The Morgan fingerprint density at radius 2 is 1.68 bits per heavy atom. The number of ketones is 1. The maximum absolute atomic E-state index is 11.6. The number of carbonyl (C=O) groups excluding carboxylic acids is 2. The topological polar surface area (TPSA) is 99.2 Å². The number of ether oxygens (including phenoxy) is 1. The summed E-state index contributed by atoms with van der Waals surface area (Å²) in [5.74, 6) is 0.522. The number of aromatic nitrogens is 2. The lowest BCUT2D eigenvalue weighted by Crippen LogP contribution is -2.47. The van der Waals surface area contributed by atoms with Crippen LogP contribution in [0.3, 0.4) is 0 Å². The Hall–Kier alpha value is -2.77. The Balaban J connectivity index is 0. The summed E-state index contributed by atoms with van der Waals surface area (Å²) in [6.07, 6.45) is 11.0. The molecule has 2 aromatic rings. The highest BCUT2D eigenvalue weighted by atomic mass is 16.5. The molecular weight excluding hydrogens is 512 g/mol. The maximum atomic E-state index is 11.6.